The molecule has 4 nitrogen and oxygen atoms in total. The van der Waals surface area contributed by atoms with Crippen LogP contribution in [0.4, 0.5) is 0 Å². The Bertz CT molecular complexity index is 699. The van der Waals surface area contributed by atoms with Gasteiger partial charge in [-0.2, -0.15) is 0 Å². The highest BCUT2D eigenvalue weighted by atomic mass is 16.4. The average molecular weight is 323 g/mol. The number of hydrogen-bond acceptors (Lipinski definition) is 2. The minimum atomic E-state index is -0.876. The third-order valence-electron chi connectivity index (χ3n) is 4.56. The Morgan fingerprint density at radius 1 is 1.00 bits per heavy atom. The molecule has 1 aliphatic carbocycles. The van der Waals surface area contributed by atoms with Crippen LogP contribution in [-0.2, 0) is 16.0 Å². The van der Waals surface area contributed by atoms with Gasteiger partial charge in [0.25, 0.3) is 0 Å². The van der Waals surface area contributed by atoms with E-state index >= 15 is 0 Å². The van der Waals surface area contributed by atoms with Gasteiger partial charge in [0.1, 0.15) is 0 Å². The third-order valence-corrected chi connectivity index (χ3v) is 4.56. The molecule has 3 atom stereocenters. The Balaban J connectivity index is 1.64. The van der Waals surface area contributed by atoms with E-state index in [0.717, 1.165) is 6.42 Å². The number of benzene rings is 2. The zero-order chi connectivity index (χ0) is 16.9. The SMILES string of the molecule is O=C(O)C1CC1C(=O)NCC(Cc1ccccc1)c1ccccc1. The Labute approximate surface area is 141 Å². The van der Waals surface area contributed by atoms with Crippen LogP contribution >= 0.6 is 0 Å². The summed E-state index contributed by atoms with van der Waals surface area (Å²) in [5.74, 6) is -1.72. The number of carbonyl (C=O) groups is 2. The first-order valence-electron chi connectivity index (χ1n) is 8.24. The average Bonchev–Trinajstić information content (AvgIpc) is 3.41. The molecule has 0 saturated heterocycles. The van der Waals surface area contributed by atoms with Crippen LogP contribution in [0.25, 0.3) is 0 Å². The number of carboxylic acids is 1. The Kier molecular flexibility index (Phi) is 4.94. The predicted octanol–water partition coefficient (Wildman–Crippen LogP) is 2.85. The summed E-state index contributed by atoms with van der Waals surface area (Å²) >= 11 is 0. The molecule has 4 heteroatoms. The van der Waals surface area contributed by atoms with E-state index in [9.17, 15) is 9.59 Å². The molecule has 2 N–H and O–H groups in total. The van der Waals surface area contributed by atoms with Crippen molar-refractivity contribution in [2.75, 3.05) is 6.54 Å². The first-order valence-corrected chi connectivity index (χ1v) is 8.24. The zero-order valence-corrected chi connectivity index (χ0v) is 13.4. The topological polar surface area (TPSA) is 66.4 Å². The molecule has 0 heterocycles. The summed E-state index contributed by atoms with van der Waals surface area (Å²) in [4.78, 5) is 23.0. The fraction of sp³-hybridized carbons (Fsp3) is 0.300. The fourth-order valence-corrected chi connectivity index (χ4v) is 3.04. The number of nitrogens with one attached hydrogen (secondary N) is 1. The van der Waals surface area contributed by atoms with Crippen LogP contribution in [0.15, 0.2) is 60.7 Å². The minimum Gasteiger partial charge on any atom is -0.481 e. The van der Waals surface area contributed by atoms with Gasteiger partial charge in [-0.1, -0.05) is 60.7 Å². The molecule has 0 spiro atoms. The van der Waals surface area contributed by atoms with E-state index in [-0.39, 0.29) is 17.7 Å². The summed E-state index contributed by atoms with van der Waals surface area (Å²) in [5.41, 5.74) is 2.39. The van der Waals surface area contributed by atoms with Gasteiger partial charge in [-0.15, -0.1) is 0 Å². The summed E-state index contributed by atoms with van der Waals surface area (Å²) < 4.78 is 0. The molecule has 1 saturated carbocycles. The van der Waals surface area contributed by atoms with Crippen LogP contribution in [0.3, 0.4) is 0 Å². The first-order chi connectivity index (χ1) is 11.6. The highest BCUT2D eigenvalue weighted by molar-refractivity contribution is 5.89. The maximum absolute atomic E-state index is 12.1. The number of carbonyl (C=O) groups excluding carboxylic acids is 1. The molecular formula is C20H21NO3. The van der Waals surface area contributed by atoms with Crippen molar-refractivity contribution in [1.82, 2.24) is 5.32 Å². The molecule has 3 rings (SSSR count). The number of aliphatic carboxylic acids is 1. The number of rotatable bonds is 7. The van der Waals surface area contributed by atoms with E-state index in [1.165, 1.54) is 11.1 Å². The molecule has 0 bridgehead atoms. The maximum atomic E-state index is 12.1. The van der Waals surface area contributed by atoms with Crippen molar-refractivity contribution in [3.05, 3.63) is 71.8 Å². The highest BCUT2D eigenvalue weighted by Crippen LogP contribution is 2.38. The van der Waals surface area contributed by atoms with Crippen molar-refractivity contribution in [2.45, 2.75) is 18.8 Å². The minimum absolute atomic E-state index is 0.142. The number of amides is 1. The predicted molar refractivity (Wildman–Crippen MR) is 91.6 cm³/mol. The number of carboxylic acid groups (broad SMARTS) is 1. The normalized spacial score (nSPS) is 20.2. The van der Waals surface area contributed by atoms with Crippen LogP contribution in [0.5, 0.6) is 0 Å². The summed E-state index contributed by atoms with van der Waals surface area (Å²) in [5, 5.41) is 11.9. The Morgan fingerprint density at radius 2 is 1.62 bits per heavy atom. The van der Waals surface area contributed by atoms with Gasteiger partial charge in [0.05, 0.1) is 11.8 Å². The third kappa shape index (κ3) is 4.02. The molecule has 0 aromatic heterocycles. The van der Waals surface area contributed by atoms with Gasteiger partial charge in [0.15, 0.2) is 0 Å². The molecule has 1 amide bonds. The molecule has 1 fully saturated rings. The molecule has 124 valence electrons. The molecule has 0 radical (unpaired) electrons. The van der Waals surface area contributed by atoms with Gasteiger partial charge in [-0.25, -0.2) is 0 Å². The van der Waals surface area contributed by atoms with Crippen molar-refractivity contribution in [1.29, 1.82) is 0 Å². The van der Waals surface area contributed by atoms with Gasteiger partial charge in [0.2, 0.25) is 5.91 Å². The number of hydrogen-bond donors (Lipinski definition) is 2. The van der Waals surface area contributed by atoms with Crippen molar-refractivity contribution in [3.8, 4) is 0 Å². The van der Waals surface area contributed by atoms with Crippen LogP contribution in [0.1, 0.15) is 23.5 Å². The molecule has 3 unspecified atom stereocenters. The van der Waals surface area contributed by atoms with E-state index in [4.69, 9.17) is 5.11 Å². The largest absolute Gasteiger partial charge is 0.481 e. The maximum Gasteiger partial charge on any atom is 0.307 e. The zero-order valence-electron chi connectivity index (χ0n) is 13.4. The second kappa shape index (κ2) is 7.30. The van der Waals surface area contributed by atoms with E-state index in [1.807, 2.05) is 36.4 Å². The van der Waals surface area contributed by atoms with Gasteiger partial charge in [-0.3, -0.25) is 9.59 Å². The van der Waals surface area contributed by atoms with Crippen molar-refractivity contribution >= 4 is 11.9 Å². The molecule has 1 aliphatic rings. The Morgan fingerprint density at radius 3 is 2.21 bits per heavy atom. The second-order valence-corrected chi connectivity index (χ2v) is 6.33. The lowest BCUT2D eigenvalue weighted by Crippen LogP contribution is -2.31. The summed E-state index contributed by atoms with van der Waals surface area (Å²) in [6.07, 6.45) is 1.29. The quantitative estimate of drug-likeness (QED) is 0.823. The van der Waals surface area contributed by atoms with Gasteiger partial charge < -0.3 is 10.4 Å². The molecule has 24 heavy (non-hydrogen) atoms. The van der Waals surface area contributed by atoms with Crippen LogP contribution in [-0.4, -0.2) is 23.5 Å². The smallest absolute Gasteiger partial charge is 0.307 e. The van der Waals surface area contributed by atoms with E-state index in [2.05, 4.69) is 29.6 Å². The van der Waals surface area contributed by atoms with Gasteiger partial charge >= 0.3 is 5.97 Å². The van der Waals surface area contributed by atoms with Crippen molar-refractivity contribution in [3.63, 3.8) is 0 Å². The summed E-state index contributed by atoms with van der Waals surface area (Å²) in [6, 6.07) is 20.3. The van der Waals surface area contributed by atoms with Crippen molar-refractivity contribution < 1.29 is 14.7 Å². The lowest BCUT2D eigenvalue weighted by molar-refractivity contribution is -0.140. The molecule has 0 aliphatic heterocycles. The van der Waals surface area contributed by atoms with Gasteiger partial charge in [-0.05, 0) is 24.0 Å². The van der Waals surface area contributed by atoms with E-state index in [0.29, 0.717) is 13.0 Å². The molecule has 2 aromatic carbocycles. The van der Waals surface area contributed by atoms with Gasteiger partial charge in [0, 0.05) is 12.5 Å². The molecule has 2 aromatic rings. The van der Waals surface area contributed by atoms with Crippen LogP contribution in [0.2, 0.25) is 0 Å². The fourth-order valence-electron chi connectivity index (χ4n) is 3.04. The van der Waals surface area contributed by atoms with Crippen molar-refractivity contribution in [2.24, 2.45) is 11.8 Å². The Hall–Kier alpha value is -2.62. The summed E-state index contributed by atoms with van der Waals surface area (Å²) in [7, 11) is 0. The first kappa shape index (κ1) is 16.2. The molecular weight excluding hydrogens is 302 g/mol. The second-order valence-electron chi connectivity index (χ2n) is 6.33. The summed E-state index contributed by atoms with van der Waals surface area (Å²) in [6.45, 7) is 0.514. The van der Waals surface area contributed by atoms with E-state index in [1.54, 1.807) is 0 Å². The lowest BCUT2D eigenvalue weighted by atomic mass is 9.92. The standard InChI is InChI=1S/C20H21NO3/c22-19(17-12-18(17)20(23)24)21-13-16(15-9-5-2-6-10-15)11-14-7-3-1-4-8-14/h1-10,16-18H,11-13H2,(H,21,22)(H,23,24). The van der Waals surface area contributed by atoms with Crippen LogP contribution in [0, 0.1) is 11.8 Å². The monoisotopic (exact) mass is 323 g/mol. The van der Waals surface area contributed by atoms with E-state index < -0.39 is 11.9 Å². The highest BCUT2D eigenvalue weighted by Gasteiger charge is 2.48. The lowest BCUT2D eigenvalue weighted by Gasteiger charge is -2.18. The van der Waals surface area contributed by atoms with Crippen LogP contribution < -0.4 is 5.32 Å².